The second-order valence-electron chi connectivity index (χ2n) is 4.37. The van der Waals surface area contributed by atoms with Gasteiger partial charge in [-0.1, -0.05) is 40.1 Å². The van der Waals surface area contributed by atoms with Gasteiger partial charge in [0, 0.05) is 23.8 Å². The number of nitrogens with zero attached hydrogens (tertiary/aromatic N) is 2. The van der Waals surface area contributed by atoms with Crippen molar-refractivity contribution in [2.75, 3.05) is 18.4 Å². The molecule has 5 heteroatoms. The molecule has 19 heavy (non-hydrogen) atoms. The molecule has 0 saturated heterocycles. The van der Waals surface area contributed by atoms with E-state index in [1.165, 1.54) is 0 Å². The molecule has 0 fully saturated rings. The quantitative estimate of drug-likeness (QED) is 0.767. The van der Waals surface area contributed by atoms with Gasteiger partial charge < -0.3 is 9.42 Å². The molecule has 0 unspecified atom stereocenters. The van der Waals surface area contributed by atoms with Crippen molar-refractivity contribution < 1.29 is 9.32 Å². The molecule has 102 valence electrons. The van der Waals surface area contributed by atoms with Crippen LogP contribution in [0.25, 0.3) is 11.0 Å². The zero-order chi connectivity index (χ0) is 13.7. The molecule has 0 aliphatic rings. The van der Waals surface area contributed by atoms with Gasteiger partial charge in [-0.25, -0.2) is 0 Å². The highest BCUT2D eigenvalue weighted by Crippen LogP contribution is 2.18. The van der Waals surface area contributed by atoms with Crippen LogP contribution in [0.4, 0.5) is 0 Å². The van der Waals surface area contributed by atoms with E-state index < -0.39 is 0 Å². The lowest BCUT2D eigenvalue weighted by atomic mass is 10.1. The molecule has 0 aliphatic heterocycles. The molecule has 0 aliphatic carbocycles. The molecule has 1 aromatic carbocycles. The Kier molecular flexibility index (Phi) is 4.96. The van der Waals surface area contributed by atoms with Crippen molar-refractivity contribution in [2.24, 2.45) is 0 Å². The molecular formula is C14H17BrN2O2. The van der Waals surface area contributed by atoms with Crippen molar-refractivity contribution in [3.8, 4) is 0 Å². The van der Waals surface area contributed by atoms with Crippen molar-refractivity contribution >= 4 is 32.8 Å². The monoisotopic (exact) mass is 324 g/mol. The van der Waals surface area contributed by atoms with Crippen LogP contribution < -0.4 is 0 Å². The average Bonchev–Trinajstić information content (AvgIpc) is 2.82. The molecule has 2 aromatic rings. The van der Waals surface area contributed by atoms with Gasteiger partial charge in [-0.3, -0.25) is 4.79 Å². The first-order valence-corrected chi connectivity index (χ1v) is 7.55. The first kappa shape index (κ1) is 14.1. The Morgan fingerprint density at radius 2 is 2.16 bits per heavy atom. The van der Waals surface area contributed by atoms with Crippen LogP contribution in [0.15, 0.2) is 28.8 Å². The summed E-state index contributed by atoms with van der Waals surface area (Å²) in [5, 5.41) is 5.72. The molecule has 2 rings (SSSR count). The van der Waals surface area contributed by atoms with Crippen molar-refractivity contribution in [2.45, 2.75) is 19.8 Å². The molecule has 1 aromatic heterocycles. The van der Waals surface area contributed by atoms with Crippen molar-refractivity contribution in [3.05, 3.63) is 30.0 Å². The Bertz CT molecular complexity index is 547. The van der Waals surface area contributed by atoms with E-state index in [0.717, 1.165) is 41.5 Å². The minimum Gasteiger partial charge on any atom is -0.356 e. The number of fused-ring (bicyclic) bond motifs is 1. The highest BCUT2D eigenvalue weighted by molar-refractivity contribution is 9.09. The normalized spacial score (nSPS) is 10.8. The van der Waals surface area contributed by atoms with Gasteiger partial charge in [0.25, 0.3) is 0 Å². The SMILES string of the molecule is CCCN(CCBr)C(=O)Cc1noc2ccccc12. The topological polar surface area (TPSA) is 46.3 Å². The number of para-hydroxylation sites is 1. The van der Waals surface area contributed by atoms with E-state index in [4.69, 9.17) is 4.52 Å². The fourth-order valence-electron chi connectivity index (χ4n) is 2.05. The van der Waals surface area contributed by atoms with Crippen LogP contribution in [-0.2, 0) is 11.2 Å². The van der Waals surface area contributed by atoms with Crippen LogP contribution in [0, 0.1) is 0 Å². The summed E-state index contributed by atoms with van der Waals surface area (Å²) in [6.07, 6.45) is 1.25. The Hall–Kier alpha value is -1.36. The number of hydrogen-bond donors (Lipinski definition) is 0. The number of alkyl halides is 1. The third-order valence-corrected chi connectivity index (χ3v) is 3.33. The number of rotatable bonds is 6. The first-order chi connectivity index (χ1) is 9.26. The minimum atomic E-state index is 0.0975. The first-order valence-electron chi connectivity index (χ1n) is 6.43. The molecule has 1 amide bonds. The number of benzene rings is 1. The predicted octanol–water partition coefficient (Wildman–Crippen LogP) is 3.00. The Balaban J connectivity index is 2.13. The van der Waals surface area contributed by atoms with E-state index in [1.807, 2.05) is 29.2 Å². The third-order valence-electron chi connectivity index (χ3n) is 2.97. The number of aromatic nitrogens is 1. The summed E-state index contributed by atoms with van der Waals surface area (Å²) in [5.41, 5.74) is 1.45. The van der Waals surface area contributed by atoms with Gasteiger partial charge in [-0.15, -0.1) is 0 Å². The highest BCUT2D eigenvalue weighted by Gasteiger charge is 2.16. The zero-order valence-electron chi connectivity index (χ0n) is 10.9. The summed E-state index contributed by atoms with van der Waals surface area (Å²) in [6.45, 7) is 3.57. The lowest BCUT2D eigenvalue weighted by molar-refractivity contribution is -0.130. The molecule has 1 heterocycles. The van der Waals surface area contributed by atoms with Crippen LogP contribution in [0.2, 0.25) is 0 Å². The smallest absolute Gasteiger partial charge is 0.228 e. The van der Waals surface area contributed by atoms with Crippen molar-refractivity contribution in [3.63, 3.8) is 0 Å². The van der Waals surface area contributed by atoms with E-state index in [1.54, 1.807) is 0 Å². The van der Waals surface area contributed by atoms with Gasteiger partial charge in [0.15, 0.2) is 5.58 Å². The second kappa shape index (κ2) is 6.70. The molecule has 0 spiro atoms. The fourth-order valence-corrected chi connectivity index (χ4v) is 2.48. The number of amides is 1. The van der Waals surface area contributed by atoms with E-state index in [-0.39, 0.29) is 5.91 Å². The van der Waals surface area contributed by atoms with Crippen LogP contribution in [0.1, 0.15) is 19.0 Å². The summed E-state index contributed by atoms with van der Waals surface area (Å²) in [7, 11) is 0. The summed E-state index contributed by atoms with van der Waals surface area (Å²) in [4.78, 5) is 14.1. The standard InChI is InChI=1S/C14H17BrN2O2/c1-2-8-17(9-7-15)14(18)10-12-11-5-3-4-6-13(11)19-16-12/h3-6H,2,7-10H2,1H3. The molecule has 0 bridgehead atoms. The van der Waals surface area contributed by atoms with Crippen molar-refractivity contribution in [1.29, 1.82) is 0 Å². The lowest BCUT2D eigenvalue weighted by Gasteiger charge is -2.20. The molecule has 0 atom stereocenters. The van der Waals surface area contributed by atoms with Gasteiger partial charge in [-0.2, -0.15) is 0 Å². The summed E-state index contributed by atoms with van der Waals surface area (Å²) < 4.78 is 5.22. The van der Waals surface area contributed by atoms with E-state index >= 15 is 0 Å². The van der Waals surface area contributed by atoms with Gasteiger partial charge in [0.1, 0.15) is 5.69 Å². The molecule has 4 nitrogen and oxygen atoms in total. The summed E-state index contributed by atoms with van der Waals surface area (Å²) in [6, 6.07) is 7.62. The molecular weight excluding hydrogens is 308 g/mol. The van der Waals surface area contributed by atoms with Gasteiger partial charge >= 0.3 is 0 Å². The number of carbonyl (C=O) groups excluding carboxylic acids is 1. The Morgan fingerprint density at radius 1 is 1.37 bits per heavy atom. The van der Waals surface area contributed by atoms with Gasteiger partial charge in [0.2, 0.25) is 5.91 Å². The predicted molar refractivity (Wildman–Crippen MR) is 78.4 cm³/mol. The molecule has 0 saturated carbocycles. The van der Waals surface area contributed by atoms with Crippen molar-refractivity contribution in [1.82, 2.24) is 10.1 Å². The van der Waals surface area contributed by atoms with Crippen LogP contribution >= 0.6 is 15.9 Å². The zero-order valence-corrected chi connectivity index (χ0v) is 12.5. The van der Waals surface area contributed by atoms with Gasteiger partial charge in [0.05, 0.1) is 6.42 Å². The maximum Gasteiger partial charge on any atom is 0.228 e. The van der Waals surface area contributed by atoms with Crippen LogP contribution in [0.3, 0.4) is 0 Å². The molecule has 0 radical (unpaired) electrons. The lowest BCUT2D eigenvalue weighted by Crippen LogP contribution is -2.34. The molecule has 0 N–H and O–H groups in total. The minimum absolute atomic E-state index is 0.0975. The maximum absolute atomic E-state index is 12.3. The number of halogens is 1. The number of carbonyl (C=O) groups is 1. The average molecular weight is 325 g/mol. The Labute approximate surface area is 120 Å². The summed E-state index contributed by atoms with van der Waals surface area (Å²) >= 11 is 3.38. The highest BCUT2D eigenvalue weighted by atomic mass is 79.9. The second-order valence-corrected chi connectivity index (χ2v) is 5.16. The van der Waals surface area contributed by atoms with E-state index in [9.17, 15) is 4.79 Å². The maximum atomic E-state index is 12.3. The van der Waals surface area contributed by atoms with Crippen LogP contribution in [-0.4, -0.2) is 34.4 Å². The Morgan fingerprint density at radius 3 is 2.89 bits per heavy atom. The number of hydrogen-bond acceptors (Lipinski definition) is 3. The van der Waals surface area contributed by atoms with Crippen LogP contribution in [0.5, 0.6) is 0 Å². The summed E-state index contributed by atoms with van der Waals surface area (Å²) in [5.74, 6) is 0.0975. The van der Waals surface area contributed by atoms with E-state index in [2.05, 4.69) is 28.0 Å². The van der Waals surface area contributed by atoms with Gasteiger partial charge in [-0.05, 0) is 18.6 Å². The fraction of sp³-hybridized carbons (Fsp3) is 0.429. The largest absolute Gasteiger partial charge is 0.356 e. The van der Waals surface area contributed by atoms with E-state index in [0.29, 0.717) is 6.42 Å². The third kappa shape index (κ3) is 3.35.